The average molecular weight is 423 g/mol. The van der Waals surface area contributed by atoms with Crippen LogP contribution in [0.2, 0.25) is 0 Å². The van der Waals surface area contributed by atoms with E-state index in [9.17, 15) is 16.8 Å². The lowest BCUT2D eigenvalue weighted by molar-refractivity contribution is 0.584. The van der Waals surface area contributed by atoms with Crippen LogP contribution in [0, 0.1) is 0 Å². The van der Waals surface area contributed by atoms with E-state index in [1.54, 1.807) is 0 Å². The lowest BCUT2D eigenvalue weighted by Crippen LogP contribution is -2.36. The summed E-state index contributed by atoms with van der Waals surface area (Å²) in [4.78, 5) is 0. The highest BCUT2D eigenvalue weighted by Crippen LogP contribution is 2.12. The monoisotopic (exact) mass is 421 g/mol. The maximum Gasteiger partial charge on any atom is 0.168 e. The summed E-state index contributed by atoms with van der Waals surface area (Å²) in [6, 6.07) is 0. The normalized spacial score (nSPS) is 19.0. The number of rotatable bonds is 10. The number of hydrogen-bond acceptors (Lipinski definition) is 5. The van der Waals surface area contributed by atoms with Gasteiger partial charge in [0.05, 0.1) is 22.3 Å². The third-order valence-corrected chi connectivity index (χ3v) is 8.87. The minimum Gasteiger partial charge on any atom is -0.314 e. The van der Waals surface area contributed by atoms with Gasteiger partial charge in [-0.05, 0) is 13.8 Å². The molecule has 0 amide bonds. The van der Waals surface area contributed by atoms with Crippen molar-refractivity contribution in [1.82, 2.24) is 5.32 Å². The molecule has 0 heterocycles. The molecule has 0 spiro atoms. The van der Waals surface area contributed by atoms with Crippen LogP contribution in [0.25, 0.3) is 0 Å². The number of sulfone groups is 2. The van der Waals surface area contributed by atoms with Gasteiger partial charge in [-0.25, -0.2) is 16.8 Å². The second-order valence-corrected chi connectivity index (χ2v) is 12.4. The Labute approximate surface area is 146 Å². The van der Waals surface area contributed by atoms with Crippen molar-refractivity contribution in [3.8, 4) is 0 Å². The second kappa shape index (κ2) is 9.35. The van der Waals surface area contributed by atoms with Crippen LogP contribution < -0.4 is 5.32 Å². The minimum atomic E-state index is -3.44. The van der Waals surface area contributed by atoms with Gasteiger partial charge in [-0.2, -0.15) is 0 Å². The minimum absolute atomic E-state index is 0.171. The Bertz CT molecular complexity index is 461. The lowest BCUT2D eigenvalue weighted by Gasteiger charge is -2.15. The van der Waals surface area contributed by atoms with Gasteiger partial charge in [0.2, 0.25) is 0 Å². The van der Waals surface area contributed by atoms with Crippen LogP contribution in [-0.2, 0) is 19.7 Å². The molecule has 1 N–H and O–H groups in total. The predicted molar refractivity (Wildman–Crippen MR) is 90.4 cm³/mol. The zero-order valence-electron chi connectivity index (χ0n) is 11.6. The number of alkyl halides is 4. The van der Waals surface area contributed by atoms with E-state index < -0.39 is 39.8 Å². The smallest absolute Gasteiger partial charge is 0.168 e. The first-order valence-corrected chi connectivity index (χ1v) is 11.3. The molecule has 4 atom stereocenters. The van der Waals surface area contributed by atoms with Crippen molar-refractivity contribution in [1.29, 1.82) is 0 Å². The van der Waals surface area contributed by atoms with Crippen molar-refractivity contribution in [3.63, 3.8) is 0 Å². The van der Waals surface area contributed by atoms with Crippen LogP contribution in [0.5, 0.6) is 0 Å². The molecule has 0 aliphatic heterocycles. The summed E-state index contributed by atoms with van der Waals surface area (Å²) in [7, 11) is -6.88. The Morgan fingerprint density at radius 1 is 0.762 bits per heavy atom. The van der Waals surface area contributed by atoms with Gasteiger partial charge < -0.3 is 5.32 Å². The second-order valence-electron chi connectivity index (χ2n) is 4.60. The van der Waals surface area contributed by atoms with Crippen LogP contribution in [0.3, 0.4) is 0 Å². The van der Waals surface area contributed by atoms with Crippen molar-refractivity contribution < 1.29 is 16.8 Å². The standard InChI is InChI=1S/C10H19Cl4NO4S2/c1-7(11)20(16,17)5-9(13)3-15-4-10(14)6-21(18,19)8(2)12/h7-10,15H,3-6H2,1-2H3. The summed E-state index contributed by atoms with van der Waals surface area (Å²) in [5.74, 6) is -0.535. The van der Waals surface area contributed by atoms with Crippen molar-refractivity contribution in [3.05, 3.63) is 0 Å². The van der Waals surface area contributed by atoms with E-state index in [1.165, 1.54) is 13.8 Å². The van der Waals surface area contributed by atoms with Gasteiger partial charge in [-0.3, -0.25) is 0 Å². The largest absolute Gasteiger partial charge is 0.314 e. The number of hydrogen-bond donors (Lipinski definition) is 1. The van der Waals surface area contributed by atoms with E-state index in [-0.39, 0.29) is 24.6 Å². The highest BCUT2D eigenvalue weighted by Gasteiger charge is 2.24. The average Bonchev–Trinajstić information content (AvgIpc) is 2.26. The van der Waals surface area contributed by atoms with Gasteiger partial charge in [0.25, 0.3) is 0 Å². The molecule has 4 unspecified atom stereocenters. The van der Waals surface area contributed by atoms with Crippen LogP contribution in [0.15, 0.2) is 0 Å². The van der Waals surface area contributed by atoms with E-state index in [1.807, 2.05) is 0 Å². The molecule has 0 aromatic rings. The summed E-state index contributed by atoms with van der Waals surface area (Å²) < 4.78 is 44.1. The molecule has 0 saturated carbocycles. The van der Waals surface area contributed by atoms with Crippen molar-refractivity contribution in [2.75, 3.05) is 24.6 Å². The summed E-state index contributed by atoms with van der Waals surface area (Å²) in [5.41, 5.74) is 0. The van der Waals surface area contributed by atoms with E-state index in [0.29, 0.717) is 0 Å². The topological polar surface area (TPSA) is 80.3 Å². The molecule has 0 radical (unpaired) electrons. The van der Waals surface area contributed by atoms with Gasteiger partial charge in [-0.1, -0.05) is 0 Å². The number of nitrogens with one attached hydrogen (secondary N) is 1. The Morgan fingerprint density at radius 3 is 1.29 bits per heavy atom. The molecule has 128 valence electrons. The maximum atomic E-state index is 11.5. The first kappa shape index (κ1) is 22.0. The van der Waals surface area contributed by atoms with Crippen LogP contribution in [0.1, 0.15) is 13.8 Å². The third kappa shape index (κ3) is 9.03. The zero-order valence-corrected chi connectivity index (χ0v) is 16.3. The molecule has 0 rings (SSSR count). The first-order chi connectivity index (χ1) is 9.38. The molecule has 0 aliphatic carbocycles. The SMILES string of the molecule is CC(Cl)S(=O)(=O)CC(Cl)CNCC(Cl)CS(=O)(=O)C(C)Cl. The van der Waals surface area contributed by atoms with E-state index in [4.69, 9.17) is 46.4 Å². The summed E-state index contributed by atoms with van der Waals surface area (Å²) in [6.07, 6.45) is 0. The summed E-state index contributed by atoms with van der Waals surface area (Å²) in [5, 5.41) is 1.47. The van der Waals surface area contributed by atoms with Gasteiger partial charge in [-0.15, -0.1) is 46.4 Å². The van der Waals surface area contributed by atoms with Gasteiger partial charge in [0, 0.05) is 13.1 Å². The highest BCUT2D eigenvalue weighted by atomic mass is 35.5. The molecule has 11 heteroatoms. The first-order valence-electron chi connectivity index (χ1n) is 6.08. The quantitative estimate of drug-likeness (QED) is 0.542. The van der Waals surface area contributed by atoms with E-state index in [0.717, 1.165) is 0 Å². The van der Waals surface area contributed by atoms with Crippen LogP contribution >= 0.6 is 46.4 Å². The molecule has 0 aromatic heterocycles. The van der Waals surface area contributed by atoms with Crippen LogP contribution in [-0.4, -0.2) is 61.6 Å². The molecule has 21 heavy (non-hydrogen) atoms. The molecule has 0 saturated heterocycles. The molecule has 0 aromatic carbocycles. The Hall–Kier alpha value is 1.02. The lowest BCUT2D eigenvalue weighted by atomic mass is 10.4. The molecule has 0 bridgehead atoms. The van der Waals surface area contributed by atoms with Crippen LogP contribution in [0.4, 0.5) is 0 Å². The molecule has 0 aliphatic rings. The Kier molecular flexibility index (Phi) is 9.80. The summed E-state index contributed by atoms with van der Waals surface area (Å²) >= 11 is 22.9. The maximum absolute atomic E-state index is 11.5. The molecular formula is C10H19Cl4NO4S2. The van der Waals surface area contributed by atoms with Crippen molar-refractivity contribution in [2.45, 2.75) is 34.0 Å². The Morgan fingerprint density at radius 2 is 1.05 bits per heavy atom. The van der Waals surface area contributed by atoms with Crippen molar-refractivity contribution >= 4 is 66.1 Å². The van der Waals surface area contributed by atoms with Gasteiger partial charge in [0.15, 0.2) is 19.7 Å². The van der Waals surface area contributed by atoms with Gasteiger partial charge in [0.1, 0.15) is 9.42 Å². The van der Waals surface area contributed by atoms with Gasteiger partial charge >= 0.3 is 0 Å². The fourth-order valence-electron chi connectivity index (χ4n) is 1.28. The highest BCUT2D eigenvalue weighted by molar-refractivity contribution is 7.93. The predicted octanol–water partition coefficient (Wildman–Crippen LogP) is 1.79. The summed E-state index contributed by atoms with van der Waals surface area (Å²) in [6.45, 7) is 3.07. The van der Waals surface area contributed by atoms with E-state index in [2.05, 4.69) is 5.32 Å². The molecule has 5 nitrogen and oxygen atoms in total. The number of halogens is 4. The van der Waals surface area contributed by atoms with Crippen molar-refractivity contribution in [2.24, 2.45) is 0 Å². The molecule has 0 fully saturated rings. The fourth-order valence-corrected chi connectivity index (χ4v) is 4.77. The Balaban J connectivity index is 4.16. The van der Waals surface area contributed by atoms with E-state index >= 15 is 0 Å². The third-order valence-electron chi connectivity index (χ3n) is 2.55. The molecular weight excluding hydrogens is 404 g/mol. The fraction of sp³-hybridized carbons (Fsp3) is 1.00. The zero-order chi connectivity index (χ0) is 16.8.